The van der Waals surface area contributed by atoms with Crippen molar-refractivity contribution in [2.24, 2.45) is 0 Å². The summed E-state index contributed by atoms with van der Waals surface area (Å²) in [5.41, 5.74) is 3.92. The summed E-state index contributed by atoms with van der Waals surface area (Å²) in [5, 5.41) is 4.12. The minimum absolute atomic E-state index is 0.607. The second-order valence-electron chi connectivity index (χ2n) is 5.24. The zero-order chi connectivity index (χ0) is 14.9. The van der Waals surface area contributed by atoms with Crippen LogP contribution in [0, 0.1) is 6.92 Å². The summed E-state index contributed by atoms with van der Waals surface area (Å²) in [6.45, 7) is 5.19. The van der Waals surface area contributed by atoms with Crippen molar-refractivity contribution in [2.45, 2.75) is 19.6 Å². The van der Waals surface area contributed by atoms with Gasteiger partial charge in [0.25, 0.3) is 0 Å². The molecule has 1 N–H and O–H groups in total. The molecule has 0 spiro atoms. The van der Waals surface area contributed by atoms with Crippen molar-refractivity contribution in [1.29, 1.82) is 0 Å². The Balaban J connectivity index is 2.00. The third kappa shape index (κ3) is 2.77. The molecule has 1 fully saturated rings. The van der Waals surface area contributed by atoms with Crippen molar-refractivity contribution in [3.63, 3.8) is 0 Å². The Morgan fingerprint density at radius 3 is 2.48 bits per heavy atom. The molecule has 3 rings (SSSR count). The molecule has 0 radical (unpaired) electrons. The summed E-state index contributed by atoms with van der Waals surface area (Å²) in [5.74, 6) is -0.710. The van der Waals surface area contributed by atoms with E-state index in [1.165, 1.54) is 0 Å². The summed E-state index contributed by atoms with van der Waals surface area (Å²) < 4.78 is 11.5. The van der Waals surface area contributed by atoms with Gasteiger partial charge in [-0.1, -0.05) is 41.9 Å². The normalized spacial score (nSPS) is 16.9. The summed E-state index contributed by atoms with van der Waals surface area (Å²) in [6.07, 6.45) is 0. The lowest BCUT2D eigenvalue weighted by molar-refractivity contribution is -0.149. The quantitative estimate of drug-likeness (QED) is 0.898. The van der Waals surface area contributed by atoms with E-state index >= 15 is 0 Å². The maximum Gasteiger partial charge on any atom is 0.194 e. The van der Waals surface area contributed by atoms with Gasteiger partial charge in [0.15, 0.2) is 5.79 Å². The van der Waals surface area contributed by atoms with E-state index in [9.17, 15) is 0 Å². The molecule has 0 aromatic heterocycles. The number of para-hydroxylation sites is 2. The highest BCUT2D eigenvalue weighted by Gasteiger charge is 2.35. The molecule has 0 atom stereocenters. The number of benzene rings is 2. The van der Waals surface area contributed by atoms with Gasteiger partial charge in [0.05, 0.1) is 23.9 Å². The summed E-state index contributed by atoms with van der Waals surface area (Å²) >= 11 is 6.30. The van der Waals surface area contributed by atoms with Crippen LogP contribution in [0.3, 0.4) is 0 Å². The lowest BCUT2D eigenvalue weighted by Gasteiger charge is -2.26. The van der Waals surface area contributed by atoms with Gasteiger partial charge in [0, 0.05) is 11.3 Å². The summed E-state index contributed by atoms with van der Waals surface area (Å²) in [6, 6.07) is 13.8. The number of hydrogen-bond donors (Lipinski definition) is 1. The van der Waals surface area contributed by atoms with Crippen LogP contribution in [0.5, 0.6) is 0 Å². The smallest absolute Gasteiger partial charge is 0.194 e. The van der Waals surface area contributed by atoms with Gasteiger partial charge in [-0.3, -0.25) is 0 Å². The molecule has 0 aliphatic carbocycles. The largest absolute Gasteiger partial charge is 0.354 e. The first-order valence-corrected chi connectivity index (χ1v) is 7.37. The number of hydrogen-bond acceptors (Lipinski definition) is 3. The van der Waals surface area contributed by atoms with Gasteiger partial charge in [-0.2, -0.15) is 0 Å². The molecule has 21 heavy (non-hydrogen) atoms. The SMILES string of the molecule is Cc1cccc(Cl)c1Nc1ccccc1C1(C)OCCO1. The standard InChI is InChI=1S/C17H18ClNO2/c1-12-6-5-8-14(18)16(12)19-15-9-4-3-7-13(15)17(2)20-10-11-21-17/h3-9,19H,10-11H2,1-2H3. The Kier molecular flexibility index (Phi) is 3.89. The van der Waals surface area contributed by atoms with Crippen LogP contribution < -0.4 is 5.32 Å². The molecule has 2 aromatic carbocycles. The third-order valence-electron chi connectivity index (χ3n) is 3.74. The van der Waals surface area contributed by atoms with Crippen LogP contribution >= 0.6 is 11.6 Å². The summed E-state index contributed by atoms with van der Waals surface area (Å²) in [7, 11) is 0. The molecule has 0 saturated carbocycles. The van der Waals surface area contributed by atoms with Gasteiger partial charge in [0.1, 0.15) is 0 Å². The molecule has 1 aliphatic heterocycles. The first kappa shape index (κ1) is 14.4. The van der Waals surface area contributed by atoms with E-state index in [1.807, 2.05) is 56.3 Å². The van der Waals surface area contributed by atoms with Gasteiger partial charge in [-0.05, 0) is 31.5 Å². The molecule has 0 bridgehead atoms. The van der Waals surface area contributed by atoms with Gasteiger partial charge < -0.3 is 14.8 Å². The number of nitrogens with one attached hydrogen (secondary N) is 1. The second-order valence-corrected chi connectivity index (χ2v) is 5.65. The van der Waals surface area contributed by atoms with Crippen LogP contribution in [0.4, 0.5) is 11.4 Å². The number of rotatable bonds is 3. The molecule has 0 unspecified atom stereocenters. The zero-order valence-corrected chi connectivity index (χ0v) is 12.9. The first-order chi connectivity index (χ1) is 10.1. The number of ether oxygens (including phenoxy) is 2. The Hall–Kier alpha value is -1.55. The molecule has 3 nitrogen and oxygen atoms in total. The van der Waals surface area contributed by atoms with E-state index in [0.29, 0.717) is 18.2 Å². The van der Waals surface area contributed by atoms with E-state index in [0.717, 1.165) is 22.5 Å². The van der Waals surface area contributed by atoms with Crippen molar-refractivity contribution in [3.8, 4) is 0 Å². The van der Waals surface area contributed by atoms with E-state index in [1.54, 1.807) is 0 Å². The molecule has 110 valence electrons. The molecule has 1 heterocycles. The van der Waals surface area contributed by atoms with E-state index in [2.05, 4.69) is 5.32 Å². The fraction of sp³-hybridized carbons (Fsp3) is 0.294. The molecule has 1 aliphatic rings. The highest BCUT2D eigenvalue weighted by Crippen LogP contribution is 2.38. The van der Waals surface area contributed by atoms with Crippen LogP contribution in [0.25, 0.3) is 0 Å². The second kappa shape index (κ2) is 5.68. The molecule has 0 amide bonds. The highest BCUT2D eigenvalue weighted by atomic mass is 35.5. The Labute approximate surface area is 129 Å². The van der Waals surface area contributed by atoms with Crippen LogP contribution in [0.1, 0.15) is 18.1 Å². The van der Waals surface area contributed by atoms with Crippen LogP contribution in [-0.4, -0.2) is 13.2 Å². The molecular formula is C17H18ClNO2. The van der Waals surface area contributed by atoms with Crippen molar-refractivity contribution in [2.75, 3.05) is 18.5 Å². The highest BCUT2D eigenvalue weighted by molar-refractivity contribution is 6.33. The van der Waals surface area contributed by atoms with E-state index < -0.39 is 5.79 Å². The zero-order valence-electron chi connectivity index (χ0n) is 12.2. The number of anilines is 2. The lowest BCUT2D eigenvalue weighted by atomic mass is 10.0. The fourth-order valence-electron chi connectivity index (χ4n) is 2.58. The van der Waals surface area contributed by atoms with Crippen molar-refractivity contribution in [1.82, 2.24) is 0 Å². The Bertz CT molecular complexity index is 631. The maximum atomic E-state index is 6.30. The predicted molar refractivity (Wildman–Crippen MR) is 85.2 cm³/mol. The fourth-order valence-corrected chi connectivity index (χ4v) is 2.85. The minimum atomic E-state index is -0.710. The van der Waals surface area contributed by atoms with E-state index in [-0.39, 0.29) is 0 Å². The number of aryl methyl sites for hydroxylation is 1. The molecule has 4 heteroatoms. The Morgan fingerprint density at radius 1 is 1.05 bits per heavy atom. The third-order valence-corrected chi connectivity index (χ3v) is 4.05. The first-order valence-electron chi connectivity index (χ1n) is 7.00. The molecule has 1 saturated heterocycles. The van der Waals surface area contributed by atoms with Gasteiger partial charge in [-0.25, -0.2) is 0 Å². The average molecular weight is 304 g/mol. The molecule has 2 aromatic rings. The van der Waals surface area contributed by atoms with Gasteiger partial charge in [-0.15, -0.1) is 0 Å². The van der Waals surface area contributed by atoms with Crippen LogP contribution in [0.2, 0.25) is 5.02 Å². The predicted octanol–water partition coefficient (Wildman–Crippen LogP) is 4.61. The lowest BCUT2D eigenvalue weighted by Crippen LogP contribution is -2.23. The summed E-state index contributed by atoms with van der Waals surface area (Å²) in [4.78, 5) is 0. The van der Waals surface area contributed by atoms with Crippen molar-refractivity contribution in [3.05, 3.63) is 58.6 Å². The minimum Gasteiger partial charge on any atom is -0.354 e. The van der Waals surface area contributed by atoms with Gasteiger partial charge >= 0.3 is 0 Å². The molecular weight excluding hydrogens is 286 g/mol. The van der Waals surface area contributed by atoms with E-state index in [4.69, 9.17) is 21.1 Å². The van der Waals surface area contributed by atoms with Crippen LogP contribution in [0.15, 0.2) is 42.5 Å². The monoisotopic (exact) mass is 303 g/mol. The van der Waals surface area contributed by atoms with Crippen molar-refractivity contribution < 1.29 is 9.47 Å². The Morgan fingerprint density at radius 2 is 1.76 bits per heavy atom. The average Bonchev–Trinajstić information content (AvgIpc) is 2.91. The van der Waals surface area contributed by atoms with Gasteiger partial charge in [0.2, 0.25) is 0 Å². The topological polar surface area (TPSA) is 30.5 Å². The van der Waals surface area contributed by atoms with Crippen molar-refractivity contribution >= 4 is 23.0 Å². The number of halogens is 1. The van der Waals surface area contributed by atoms with Crippen LogP contribution in [-0.2, 0) is 15.3 Å². The maximum absolute atomic E-state index is 6.30.